The highest BCUT2D eigenvalue weighted by Gasteiger charge is 2.39. The Balaban J connectivity index is 0.00000120. The molecule has 1 aromatic carbocycles. The van der Waals surface area contributed by atoms with Gasteiger partial charge in [0.1, 0.15) is 0 Å². The van der Waals surface area contributed by atoms with E-state index in [4.69, 9.17) is 21.9 Å². The van der Waals surface area contributed by atoms with Gasteiger partial charge in [-0.2, -0.15) is 4.98 Å². The lowest BCUT2D eigenvalue weighted by molar-refractivity contribution is 0.229. The summed E-state index contributed by atoms with van der Waals surface area (Å²) in [4.78, 5) is 4.35. The summed E-state index contributed by atoms with van der Waals surface area (Å²) in [7, 11) is 0. The zero-order chi connectivity index (χ0) is 11.9. The summed E-state index contributed by atoms with van der Waals surface area (Å²) in [5, 5.41) is 4.61. The molecule has 0 saturated heterocycles. The third kappa shape index (κ3) is 2.23. The highest BCUT2D eigenvalue weighted by molar-refractivity contribution is 6.30. The topological polar surface area (TPSA) is 64.9 Å². The number of hydrogen-bond donors (Lipinski definition) is 1. The SMILES string of the molecule is Cl.NC1(c2noc(-c3cccc(Cl)c3)n2)CCC1. The van der Waals surface area contributed by atoms with E-state index in [0.29, 0.717) is 16.7 Å². The first-order chi connectivity index (χ1) is 8.17. The van der Waals surface area contributed by atoms with Crippen molar-refractivity contribution in [3.8, 4) is 11.5 Å². The van der Waals surface area contributed by atoms with Crippen LogP contribution in [-0.4, -0.2) is 10.1 Å². The molecule has 3 rings (SSSR count). The summed E-state index contributed by atoms with van der Waals surface area (Å²) in [5.74, 6) is 1.07. The summed E-state index contributed by atoms with van der Waals surface area (Å²) in [5.41, 5.74) is 6.56. The lowest BCUT2D eigenvalue weighted by Crippen LogP contribution is -2.44. The van der Waals surface area contributed by atoms with Gasteiger partial charge in [-0.05, 0) is 37.5 Å². The molecule has 0 unspecified atom stereocenters. The van der Waals surface area contributed by atoms with Crippen LogP contribution in [0.4, 0.5) is 0 Å². The van der Waals surface area contributed by atoms with E-state index < -0.39 is 0 Å². The molecule has 6 heteroatoms. The minimum Gasteiger partial charge on any atom is -0.334 e. The number of nitrogens with two attached hydrogens (primary N) is 1. The van der Waals surface area contributed by atoms with E-state index in [0.717, 1.165) is 24.8 Å². The van der Waals surface area contributed by atoms with Crippen LogP contribution in [0.2, 0.25) is 5.02 Å². The minimum atomic E-state index is -0.389. The normalized spacial score (nSPS) is 16.8. The van der Waals surface area contributed by atoms with Gasteiger partial charge in [-0.15, -0.1) is 12.4 Å². The molecule has 96 valence electrons. The molecule has 0 amide bonds. The van der Waals surface area contributed by atoms with Crippen LogP contribution in [-0.2, 0) is 5.54 Å². The molecule has 1 aliphatic rings. The summed E-state index contributed by atoms with van der Waals surface area (Å²) in [6.07, 6.45) is 2.96. The molecule has 2 N–H and O–H groups in total. The van der Waals surface area contributed by atoms with E-state index in [9.17, 15) is 0 Å². The molecular formula is C12H13Cl2N3O. The van der Waals surface area contributed by atoms with Crippen molar-refractivity contribution in [2.75, 3.05) is 0 Å². The van der Waals surface area contributed by atoms with Crippen molar-refractivity contribution in [2.24, 2.45) is 5.73 Å². The van der Waals surface area contributed by atoms with Gasteiger partial charge in [0.15, 0.2) is 5.82 Å². The fourth-order valence-corrected chi connectivity index (χ4v) is 2.14. The maximum atomic E-state index is 6.13. The van der Waals surface area contributed by atoms with Crippen LogP contribution in [0.25, 0.3) is 11.5 Å². The second kappa shape index (κ2) is 4.88. The first-order valence-electron chi connectivity index (χ1n) is 5.56. The highest BCUT2D eigenvalue weighted by atomic mass is 35.5. The van der Waals surface area contributed by atoms with Crippen molar-refractivity contribution in [3.05, 3.63) is 35.1 Å². The third-order valence-corrected chi connectivity index (χ3v) is 3.42. The summed E-state index contributed by atoms with van der Waals surface area (Å²) in [6.45, 7) is 0. The lowest BCUT2D eigenvalue weighted by atomic mass is 9.77. The van der Waals surface area contributed by atoms with Crippen molar-refractivity contribution in [1.82, 2.24) is 10.1 Å². The summed E-state index contributed by atoms with van der Waals surface area (Å²) in [6, 6.07) is 7.33. The lowest BCUT2D eigenvalue weighted by Gasteiger charge is -2.34. The van der Waals surface area contributed by atoms with Crippen LogP contribution in [0.3, 0.4) is 0 Å². The molecule has 0 aliphatic heterocycles. The average Bonchev–Trinajstić information content (AvgIpc) is 2.75. The quantitative estimate of drug-likeness (QED) is 0.921. The predicted octanol–water partition coefficient (Wildman–Crippen LogP) is 3.15. The first-order valence-corrected chi connectivity index (χ1v) is 5.94. The van der Waals surface area contributed by atoms with Crippen LogP contribution in [0.1, 0.15) is 25.1 Å². The Morgan fingerprint density at radius 3 is 2.72 bits per heavy atom. The van der Waals surface area contributed by atoms with Crippen LogP contribution in [0, 0.1) is 0 Å². The van der Waals surface area contributed by atoms with Gasteiger partial charge in [0.05, 0.1) is 5.54 Å². The van der Waals surface area contributed by atoms with Gasteiger partial charge in [-0.3, -0.25) is 0 Å². The average molecular weight is 286 g/mol. The molecule has 1 saturated carbocycles. The molecule has 1 aromatic heterocycles. The van der Waals surface area contributed by atoms with Crippen molar-refractivity contribution in [3.63, 3.8) is 0 Å². The Morgan fingerprint density at radius 1 is 1.33 bits per heavy atom. The predicted molar refractivity (Wildman–Crippen MR) is 71.7 cm³/mol. The van der Waals surface area contributed by atoms with Crippen LogP contribution >= 0.6 is 24.0 Å². The second-order valence-corrected chi connectivity index (χ2v) is 4.88. The van der Waals surface area contributed by atoms with Gasteiger partial charge in [-0.25, -0.2) is 0 Å². The van der Waals surface area contributed by atoms with Gasteiger partial charge < -0.3 is 10.3 Å². The molecule has 1 fully saturated rings. The molecule has 1 heterocycles. The molecule has 4 nitrogen and oxygen atoms in total. The van der Waals surface area contributed by atoms with Gasteiger partial charge in [0.2, 0.25) is 0 Å². The maximum Gasteiger partial charge on any atom is 0.258 e. The Labute approximate surface area is 116 Å². The zero-order valence-corrected chi connectivity index (χ0v) is 11.2. The summed E-state index contributed by atoms with van der Waals surface area (Å²) >= 11 is 5.92. The van der Waals surface area contributed by atoms with E-state index in [1.165, 1.54) is 0 Å². The fraction of sp³-hybridized carbons (Fsp3) is 0.333. The largest absolute Gasteiger partial charge is 0.334 e. The van der Waals surface area contributed by atoms with Crippen LogP contribution in [0.5, 0.6) is 0 Å². The fourth-order valence-electron chi connectivity index (χ4n) is 1.95. The van der Waals surface area contributed by atoms with E-state index in [1.807, 2.05) is 12.1 Å². The minimum absolute atomic E-state index is 0. The Bertz CT molecular complexity index is 552. The molecule has 0 atom stereocenters. The van der Waals surface area contributed by atoms with Crippen LogP contribution in [0.15, 0.2) is 28.8 Å². The molecule has 0 radical (unpaired) electrons. The second-order valence-electron chi connectivity index (χ2n) is 4.44. The molecule has 0 bridgehead atoms. The van der Waals surface area contributed by atoms with Gasteiger partial charge in [-0.1, -0.05) is 22.8 Å². The number of nitrogens with zero attached hydrogens (tertiary/aromatic N) is 2. The molecule has 2 aromatic rings. The van der Waals surface area contributed by atoms with Crippen molar-refractivity contribution in [1.29, 1.82) is 0 Å². The Kier molecular flexibility index (Phi) is 3.61. The maximum absolute atomic E-state index is 6.13. The van der Waals surface area contributed by atoms with E-state index in [-0.39, 0.29) is 17.9 Å². The third-order valence-electron chi connectivity index (χ3n) is 3.19. The van der Waals surface area contributed by atoms with Crippen molar-refractivity contribution in [2.45, 2.75) is 24.8 Å². The molecule has 18 heavy (non-hydrogen) atoms. The van der Waals surface area contributed by atoms with Gasteiger partial charge in [0, 0.05) is 10.6 Å². The van der Waals surface area contributed by atoms with E-state index in [2.05, 4.69) is 10.1 Å². The van der Waals surface area contributed by atoms with Gasteiger partial charge >= 0.3 is 0 Å². The number of benzene rings is 1. The molecule has 1 aliphatic carbocycles. The van der Waals surface area contributed by atoms with Gasteiger partial charge in [0.25, 0.3) is 5.89 Å². The number of aromatic nitrogens is 2. The van der Waals surface area contributed by atoms with Crippen LogP contribution < -0.4 is 5.73 Å². The standard InChI is InChI=1S/C12H12ClN3O.ClH/c13-9-4-1-3-8(7-9)10-15-11(16-17-10)12(14)5-2-6-12;/h1,3-4,7H,2,5-6,14H2;1H. The van der Waals surface area contributed by atoms with E-state index >= 15 is 0 Å². The zero-order valence-electron chi connectivity index (χ0n) is 9.60. The smallest absolute Gasteiger partial charge is 0.258 e. The molecule has 0 spiro atoms. The van der Waals surface area contributed by atoms with Crippen molar-refractivity contribution < 1.29 is 4.52 Å². The number of halogens is 2. The highest BCUT2D eigenvalue weighted by Crippen LogP contribution is 2.37. The Morgan fingerprint density at radius 2 is 2.11 bits per heavy atom. The number of hydrogen-bond acceptors (Lipinski definition) is 4. The van der Waals surface area contributed by atoms with Crippen molar-refractivity contribution >= 4 is 24.0 Å². The molecular weight excluding hydrogens is 273 g/mol. The monoisotopic (exact) mass is 285 g/mol. The number of rotatable bonds is 2. The first kappa shape index (κ1) is 13.3. The summed E-state index contributed by atoms with van der Waals surface area (Å²) < 4.78 is 5.23. The Hall–Kier alpha value is -1.10. The van der Waals surface area contributed by atoms with E-state index in [1.54, 1.807) is 12.1 Å².